The molecule has 1 heterocycles. The van der Waals surface area contributed by atoms with Crippen molar-refractivity contribution in [2.24, 2.45) is 11.7 Å². The molecule has 1 aliphatic rings. The van der Waals surface area contributed by atoms with Gasteiger partial charge in [-0.05, 0) is 12.8 Å². The summed E-state index contributed by atoms with van der Waals surface area (Å²) < 4.78 is 10.5. The maximum Gasteiger partial charge on any atom is 0.346 e. The van der Waals surface area contributed by atoms with Crippen molar-refractivity contribution in [2.45, 2.75) is 116 Å². The van der Waals surface area contributed by atoms with Gasteiger partial charge in [0.25, 0.3) is 0 Å². The lowest BCUT2D eigenvalue weighted by molar-refractivity contribution is -0.150. The van der Waals surface area contributed by atoms with Crippen LogP contribution in [0, 0.1) is 5.92 Å². The summed E-state index contributed by atoms with van der Waals surface area (Å²) in [6, 6.07) is 0. The first-order valence-electron chi connectivity index (χ1n) is 13.1. The number of unbranched alkanes of at least 4 members (excludes halogenated alkanes) is 15. The number of thioether (sulfide) groups is 1. The highest BCUT2D eigenvalue weighted by molar-refractivity contribution is 8.04. The third kappa shape index (κ3) is 14.8. The highest BCUT2D eigenvalue weighted by Crippen LogP contribution is 2.25. The molecule has 1 rings (SSSR count). The van der Waals surface area contributed by atoms with E-state index in [9.17, 15) is 9.59 Å². The molecule has 6 heteroatoms. The van der Waals surface area contributed by atoms with Gasteiger partial charge >= 0.3 is 11.9 Å². The number of carbonyl (C=O) groups excluding carboxylic acids is 2. The SMILES string of the molecule is CCCCCCCCCCCCCCCCCCOC(=O)C1CCOC(=O)C(=CN)SC1. The summed E-state index contributed by atoms with van der Waals surface area (Å²) in [5.41, 5.74) is 5.44. The molecule has 0 amide bonds. The monoisotopic (exact) mass is 469 g/mol. The van der Waals surface area contributed by atoms with Crippen LogP contribution in [0.1, 0.15) is 116 Å². The Labute approximate surface area is 200 Å². The summed E-state index contributed by atoms with van der Waals surface area (Å²) in [5, 5.41) is 0. The zero-order chi connectivity index (χ0) is 23.3. The van der Waals surface area contributed by atoms with Gasteiger partial charge in [-0.1, -0.05) is 103 Å². The molecule has 0 aromatic rings. The van der Waals surface area contributed by atoms with E-state index < -0.39 is 5.97 Å². The van der Waals surface area contributed by atoms with Gasteiger partial charge in [0.2, 0.25) is 0 Å². The number of hydrogen-bond acceptors (Lipinski definition) is 6. The number of cyclic esters (lactones) is 1. The van der Waals surface area contributed by atoms with E-state index in [1.165, 1.54) is 108 Å². The number of carbonyl (C=O) groups is 2. The summed E-state index contributed by atoms with van der Waals surface area (Å²) in [6.45, 7) is 2.99. The minimum absolute atomic E-state index is 0.187. The summed E-state index contributed by atoms with van der Waals surface area (Å²) in [4.78, 5) is 24.2. The normalized spacial score (nSPS) is 18.2. The molecule has 0 bridgehead atoms. The first-order valence-corrected chi connectivity index (χ1v) is 14.1. The molecule has 0 aliphatic carbocycles. The van der Waals surface area contributed by atoms with Crippen LogP contribution in [0.2, 0.25) is 0 Å². The lowest BCUT2D eigenvalue weighted by Crippen LogP contribution is -2.25. The van der Waals surface area contributed by atoms with Crippen molar-refractivity contribution >= 4 is 23.7 Å². The quantitative estimate of drug-likeness (QED) is 0.134. The number of esters is 2. The van der Waals surface area contributed by atoms with E-state index in [1.54, 1.807) is 0 Å². The van der Waals surface area contributed by atoms with Crippen LogP contribution in [0.25, 0.3) is 0 Å². The van der Waals surface area contributed by atoms with Gasteiger partial charge in [0.15, 0.2) is 0 Å². The van der Waals surface area contributed by atoms with Crippen molar-refractivity contribution in [1.82, 2.24) is 0 Å². The Morgan fingerprint density at radius 3 is 1.94 bits per heavy atom. The summed E-state index contributed by atoms with van der Waals surface area (Å²) in [7, 11) is 0. The Balaban J connectivity index is 1.88. The molecule has 1 aliphatic heterocycles. The average Bonchev–Trinajstić information content (AvgIpc) is 2.78. The topological polar surface area (TPSA) is 78.6 Å². The predicted molar refractivity (Wildman–Crippen MR) is 134 cm³/mol. The van der Waals surface area contributed by atoms with Crippen molar-refractivity contribution in [1.29, 1.82) is 0 Å². The third-order valence-corrected chi connectivity index (χ3v) is 7.25. The van der Waals surface area contributed by atoms with E-state index in [0.717, 1.165) is 12.8 Å². The van der Waals surface area contributed by atoms with Gasteiger partial charge in [-0.15, -0.1) is 11.8 Å². The zero-order valence-electron chi connectivity index (χ0n) is 20.4. The molecule has 0 spiro atoms. The standard InChI is InChI=1S/C26H47NO4S/c1-2-3-4-5-6-7-8-9-10-11-12-13-14-15-16-17-19-30-25(28)23-18-20-31-26(29)24(21-27)32-22-23/h21,23H,2-20,22,27H2,1H3. The smallest absolute Gasteiger partial charge is 0.346 e. The van der Waals surface area contributed by atoms with Gasteiger partial charge in [0, 0.05) is 12.0 Å². The van der Waals surface area contributed by atoms with E-state index in [2.05, 4.69) is 6.92 Å². The van der Waals surface area contributed by atoms with Gasteiger partial charge in [0.05, 0.1) is 19.1 Å². The fourth-order valence-electron chi connectivity index (χ4n) is 3.94. The zero-order valence-corrected chi connectivity index (χ0v) is 21.2. The van der Waals surface area contributed by atoms with E-state index in [-0.39, 0.29) is 18.5 Å². The summed E-state index contributed by atoms with van der Waals surface area (Å²) in [6.07, 6.45) is 23.0. The van der Waals surface area contributed by atoms with Crippen LogP contribution in [0.5, 0.6) is 0 Å². The van der Waals surface area contributed by atoms with Crippen molar-refractivity contribution in [3.05, 3.63) is 11.1 Å². The van der Waals surface area contributed by atoms with Crippen LogP contribution in [-0.4, -0.2) is 30.9 Å². The molecule has 0 aromatic heterocycles. The lowest BCUT2D eigenvalue weighted by Gasteiger charge is -2.19. The molecule has 32 heavy (non-hydrogen) atoms. The molecule has 1 fully saturated rings. The van der Waals surface area contributed by atoms with E-state index in [4.69, 9.17) is 15.2 Å². The summed E-state index contributed by atoms with van der Waals surface area (Å²) in [5.74, 6) is -0.329. The van der Waals surface area contributed by atoms with Crippen LogP contribution >= 0.6 is 11.8 Å². The second-order valence-corrected chi connectivity index (χ2v) is 10.00. The molecule has 2 N–H and O–H groups in total. The van der Waals surface area contributed by atoms with Gasteiger partial charge < -0.3 is 15.2 Å². The molecule has 1 unspecified atom stereocenters. The molecule has 1 atom stereocenters. The Hall–Kier alpha value is -1.17. The number of hydrogen-bond donors (Lipinski definition) is 1. The highest BCUT2D eigenvalue weighted by atomic mass is 32.2. The van der Waals surface area contributed by atoms with Crippen LogP contribution in [-0.2, 0) is 19.1 Å². The van der Waals surface area contributed by atoms with E-state index in [0.29, 0.717) is 23.7 Å². The van der Waals surface area contributed by atoms with Crippen LogP contribution in [0.4, 0.5) is 0 Å². The van der Waals surface area contributed by atoms with Gasteiger partial charge in [-0.3, -0.25) is 4.79 Å². The maximum atomic E-state index is 12.3. The molecule has 0 radical (unpaired) electrons. The fraction of sp³-hybridized carbons (Fsp3) is 0.846. The van der Waals surface area contributed by atoms with Crippen LogP contribution < -0.4 is 5.73 Å². The second-order valence-electron chi connectivity index (χ2n) is 8.93. The average molecular weight is 470 g/mol. The first-order chi connectivity index (χ1) is 15.7. The van der Waals surface area contributed by atoms with Gasteiger partial charge in [-0.25, -0.2) is 4.79 Å². The molecule has 0 saturated carbocycles. The highest BCUT2D eigenvalue weighted by Gasteiger charge is 2.25. The van der Waals surface area contributed by atoms with E-state index >= 15 is 0 Å². The molecule has 186 valence electrons. The fourth-order valence-corrected chi connectivity index (χ4v) is 4.90. The molecular weight excluding hydrogens is 422 g/mol. The first kappa shape index (κ1) is 28.9. The lowest BCUT2D eigenvalue weighted by atomic mass is 10.0. The van der Waals surface area contributed by atoms with Crippen molar-refractivity contribution in [3.63, 3.8) is 0 Å². The Bertz CT molecular complexity index is 524. The Morgan fingerprint density at radius 2 is 1.44 bits per heavy atom. The Kier molecular flexibility index (Phi) is 18.4. The number of ether oxygens (including phenoxy) is 2. The van der Waals surface area contributed by atoms with Gasteiger partial charge in [-0.2, -0.15) is 0 Å². The van der Waals surface area contributed by atoms with Crippen molar-refractivity contribution in [3.8, 4) is 0 Å². The minimum atomic E-state index is -0.405. The van der Waals surface area contributed by atoms with E-state index in [1.807, 2.05) is 0 Å². The third-order valence-electron chi connectivity index (χ3n) is 6.07. The number of rotatable bonds is 18. The number of nitrogens with two attached hydrogens (primary N) is 1. The van der Waals surface area contributed by atoms with Gasteiger partial charge in [0.1, 0.15) is 4.91 Å². The molecular formula is C26H47NO4S. The Morgan fingerprint density at radius 1 is 0.938 bits per heavy atom. The van der Waals surface area contributed by atoms with Crippen LogP contribution in [0.15, 0.2) is 11.1 Å². The van der Waals surface area contributed by atoms with Crippen LogP contribution in [0.3, 0.4) is 0 Å². The summed E-state index contributed by atoms with van der Waals surface area (Å²) >= 11 is 1.27. The van der Waals surface area contributed by atoms with Crippen molar-refractivity contribution < 1.29 is 19.1 Å². The van der Waals surface area contributed by atoms with Crippen molar-refractivity contribution in [2.75, 3.05) is 19.0 Å². The molecule has 5 nitrogen and oxygen atoms in total. The molecule has 1 saturated heterocycles. The second kappa shape index (κ2) is 20.4. The minimum Gasteiger partial charge on any atom is -0.465 e. The largest absolute Gasteiger partial charge is 0.465 e. The maximum absolute atomic E-state index is 12.3. The predicted octanol–water partition coefficient (Wildman–Crippen LogP) is 6.89. The molecule has 0 aromatic carbocycles.